The number of hydrogen-bond donors (Lipinski definition) is 1. The van der Waals surface area contributed by atoms with Crippen molar-refractivity contribution < 1.29 is 14.3 Å². The van der Waals surface area contributed by atoms with Crippen molar-refractivity contribution in [2.24, 2.45) is 0 Å². The molecule has 150 valence electrons. The molecule has 0 unspecified atom stereocenters. The van der Waals surface area contributed by atoms with Gasteiger partial charge in [-0.15, -0.1) is 0 Å². The Morgan fingerprint density at radius 3 is 2.50 bits per heavy atom. The first-order valence-electron chi connectivity index (χ1n) is 9.14. The molecule has 0 saturated carbocycles. The van der Waals surface area contributed by atoms with Crippen LogP contribution < -0.4 is 19.7 Å². The van der Waals surface area contributed by atoms with Crippen LogP contribution in [0.15, 0.2) is 24.3 Å². The number of nitrogens with zero attached hydrogens (tertiary/aromatic N) is 4. The van der Waals surface area contributed by atoms with Crippen LogP contribution in [-0.4, -0.2) is 46.7 Å². The molecule has 1 N–H and O–H groups in total. The van der Waals surface area contributed by atoms with Crippen molar-refractivity contribution in [1.82, 2.24) is 20.3 Å². The van der Waals surface area contributed by atoms with E-state index in [0.29, 0.717) is 22.5 Å². The van der Waals surface area contributed by atoms with Crippen LogP contribution >= 0.6 is 11.6 Å². The van der Waals surface area contributed by atoms with Crippen molar-refractivity contribution >= 4 is 23.5 Å². The number of amides is 1. The number of benzene rings is 1. The summed E-state index contributed by atoms with van der Waals surface area (Å²) in [5, 5.41) is 3.43. The van der Waals surface area contributed by atoms with Crippen molar-refractivity contribution in [3.63, 3.8) is 0 Å². The lowest BCUT2D eigenvalue weighted by Crippen LogP contribution is -2.46. The molecule has 1 saturated heterocycles. The van der Waals surface area contributed by atoms with E-state index in [4.69, 9.17) is 21.1 Å². The van der Waals surface area contributed by atoms with Crippen molar-refractivity contribution in [2.45, 2.75) is 38.8 Å². The quantitative estimate of drug-likeness (QED) is 0.757. The smallest absolute Gasteiger partial charge is 0.321 e. The number of hydrogen-bond acceptors (Lipinski definition) is 7. The summed E-state index contributed by atoms with van der Waals surface area (Å²) >= 11 is 5.88. The third-order valence-electron chi connectivity index (χ3n) is 4.36. The third kappa shape index (κ3) is 5.01. The predicted molar refractivity (Wildman–Crippen MR) is 106 cm³/mol. The minimum atomic E-state index is -1.08. The Balaban J connectivity index is 1.65. The van der Waals surface area contributed by atoms with Gasteiger partial charge in [0.1, 0.15) is 5.75 Å². The maximum absolute atomic E-state index is 12.6. The average molecular weight is 406 g/mol. The first-order valence-corrected chi connectivity index (χ1v) is 9.52. The van der Waals surface area contributed by atoms with E-state index in [1.54, 1.807) is 38.1 Å². The van der Waals surface area contributed by atoms with E-state index in [1.165, 1.54) is 7.11 Å². The molecule has 1 aliphatic heterocycles. The zero-order valence-electron chi connectivity index (χ0n) is 16.2. The van der Waals surface area contributed by atoms with E-state index in [2.05, 4.69) is 25.2 Å². The van der Waals surface area contributed by atoms with Crippen LogP contribution in [0.4, 0.5) is 5.95 Å². The normalized spacial score (nSPS) is 14.1. The fraction of sp³-hybridized carbons (Fsp3) is 0.474. The lowest BCUT2D eigenvalue weighted by molar-refractivity contribution is -0.134. The first-order chi connectivity index (χ1) is 13.4. The van der Waals surface area contributed by atoms with E-state index in [0.717, 1.165) is 25.9 Å². The summed E-state index contributed by atoms with van der Waals surface area (Å²) in [5.74, 6) is 1.28. The number of anilines is 1. The Labute approximate surface area is 169 Å². The van der Waals surface area contributed by atoms with Gasteiger partial charge in [-0.2, -0.15) is 15.0 Å². The molecule has 0 aliphatic carbocycles. The third-order valence-corrected chi connectivity index (χ3v) is 4.61. The molecule has 0 spiro atoms. The van der Waals surface area contributed by atoms with Crippen molar-refractivity contribution in [2.75, 3.05) is 25.1 Å². The van der Waals surface area contributed by atoms with Gasteiger partial charge in [-0.05, 0) is 51.0 Å². The Kier molecular flexibility index (Phi) is 6.18. The number of nitrogens with one attached hydrogen (secondary N) is 1. The number of halogens is 1. The van der Waals surface area contributed by atoms with Gasteiger partial charge < -0.3 is 19.7 Å². The number of aromatic nitrogens is 3. The Morgan fingerprint density at radius 2 is 1.86 bits per heavy atom. The van der Waals surface area contributed by atoms with Gasteiger partial charge >= 0.3 is 6.01 Å². The second-order valence-corrected chi connectivity index (χ2v) is 7.42. The van der Waals surface area contributed by atoms with Crippen molar-refractivity contribution in [1.29, 1.82) is 0 Å². The molecule has 2 aromatic rings. The zero-order chi connectivity index (χ0) is 20.1. The van der Waals surface area contributed by atoms with Gasteiger partial charge in [-0.25, -0.2) is 0 Å². The second kappa shape index (κ2) is 8.60. The van der Waals surface area contributed by atoms with Crippen molar-refractivity contribution in [3.8, 4) is 11.8 Å². The fourth-order valence-corrected chi connectivity index (χ4v) is 2.96. The molecule has 3 rings (SSSR count). The molecule has 1 aromatic carbocycles. The highest BCUT2D eigenvalue weighted by atomic mass is 35.5. The highest BCUT2D eigenvalue weighted by molar-refractivity contribution is 6.30. The van der Waals surface area contributed by atoms with Gasteiger partial charge in [-0.1, -0.05) is 11.6 Å². The molecule has 1 aromatic heterocycles. The van der Waals surface area contributed by atoms with Crippen LogP contribution in [0.2, 0.25) is 5.02 Å². The van der Waals surface area contributed by atoms with Crippen LogP contribution in [0.1, 0.15) is 32.5 Å². The van der Waals surface area contributed by atoms with Gasteiger partial charge in [0.15, 0.2) is 11.4 Å². The first kappa shape index (κ1) is 20.1. The molecular formula is C19H24ClN5O3. The zero-order valence-corrected chi connectivity index (χ0v) is 17.0. The van der Waals surface area contributed by atoms with Gasteiger partial charge in [0.2, 0.25) is 5.95 Å². The minimum Gasteiger partial charge on any atom is -0.478 e. The highest BCUT2D eigenvalue weighted by Gasteiger charge is 2.30. The van der Waals surface area contributed by atoms with E-state index in [1.807, 2.05) is 0 Å². The van der Waals surface area contributed by atoms with Crippen molar-refractivity contribution in [3.05, 3.63) is 35.1 Å². The summed E-state index contributed by atoms with van der Waals surface area (Å²) in [6.07, 6.45) is 2.21. The average Bonchev–Trinajstić information content (AvgIpc) is 3.22. The highest BCUT2D eigenvalue weighted by Crippen LogP contribution is 2.21. The predicted octanol–water partition coefficient (Wildman–Crippen LogP) is 2.61. The van der Waals surface area contributed by atoms with Crippen LogP contribution in [0.5, 0.6) is 11.8 Å². The number of rotatable bonds is 7. The Hall–Kier alpha value is -2.61. The summed E-state index contributed by atoms with van der Waals surface area (Å²) in [5.41, 5.74) is -1.08. The lowest BCUT2D eigenvalue weighted by Gasteiger charge is -2.25. The summed E-state index contributed by atoms with van der Waals surface area (Å²) in [6.45, 7) is 5.34. The summed E-state index contributed by atoms with van der Waals surface area (Å²) in [4.78, 5) is 27.7. The number of carbonyl (C=O) groups is 1. The van der Waals surface area contributed by atoms with Crippen LogP contribution in [0.3, 0.4) is 0 Å². The second-order valence-electron chi connectivity index (χ2n) is 6.98. The topological polar surface area (TPSA) is 89.5 Å². The van der Waals surface area contributed by atoms with Gasteiger partial charge in [0.25, 0.3) is 5.91 Å². The maximum atomic E-state index is 12.6. The number of ether oxygens (including phenoxy) is 2. The molecule has 28 heavy (non-hydrogen) atoms. The van der Waals surface area contributed by atoms with Gasteiger partial charge in [-0.3, -0.25) is 4.79 Å². The standard InChI is InChI=1S/C19H24ClN5O3/c1-19(2,28-14-8-6-13(20)7-9-14)16(26)21-12-15-22-17(24-18(23-15)27-3)25-10-4-5-11-25/h6-9H,4-5,10-12H2,1-3H3,(H,21,26). The van der Waals surface area contributed by atoms with E-state index < -0.39 is 5.60 Å². The molecule has 0 radical (unpaired) electrons. The number of methoxy groups -OCH3 is 1. The summed E-state index contributed by atoms with van der Waals surface area (Å²) in [7, 11) is 1.51. The van der Waals surface area contributed by atoms with Gasteiger partial charge in [0.05, 0.1) is 13.7 Å². The monoisotopic (exact) mass is 405 g/mol. The SMILES string of the molecule is COc1nc(CNC(=O)C(C)(C)Oc2ccc(Cl)cc2)nc(N2CCCC2)n1. The van der Waals surface area contributed by atoms with E-state index >= 15 is 0 Å². The molecule has 8 nitrogen and oxygen atoms in total. The summed E-state index contributed by atoms with van der Waals surface area (Å²) < 4.78 is 11.0. The van der Waals surface area contributed by atoms with Gasteiger partial charge in [0, 0.05) is 18.1 Å². The Morgan fingerprint density at radius 1 is 1.18 bits per heavy atom. The molecule has 1 aliphatic rings. The Bertz CT molecular complexity index is 823. The lowest BCUT2D eigenvalue weighted by atomic mass is 10.1. The van der Waals surface area contributed by atoms with E-state index in [9.17, 15) is 4.79 Å². The molecule has 0 atom stereocenters. The molecule has 2 heterocycles. The molecule has 9 heteroatoms. The molecule has 1 fully saturated rings. The molecule has 1 amide bonds. The van der Waals surface area contributed by atoms with Crippen LogP contribution in [0.25, 0.3) is 0 Å². The maximum Gasteiger partial charge on any atom is 0.321 e. The molecule has 0 bridgehead atoms. The van der Waals surface area contributed by atoms with Crippen LogP contribution in [-0.2, 0) is 11.3 Å². The molecular weight excluding hydrogens is 382 g/mol. The number of carbonyl (C=O) groups excluding carboxylic acids is 1. The largest absolute Gasteiger partial charge is 0.478 e. The fourth-order valence-electron chi connectivity index (χ4n) is 2.83. The van der Waals surface area contributed by atoms with E-state index in [-0.39, 0.29) is 18.5 Å². The van der Waals surface area contributed by atoms with Crippen LogP contribution in [0, 0.1) is 0 Å². The minimum absolute atomic E-state index is 0.145. The summed E-state index contributed by atoms with van der Waals surface area (Å²) in [6, 6.07) is 7.09.